The van der Waals surface area contributed by atoms with Crippen LogP contribution in [-0.2, 0) is 6.54 Å². The maximum atomic E-state index is 15.1. The van der Waals surface area contributed by atoms with Gasteiger partial charge in [-0.05, 0) is 31.5 Å². The van der Waals surface area contributed by atoms with Crippen LogP contribution in [0.15, 0.2) is 24.4 Å². The fourth-order valence-corrected chi connectivity index (χ4v) is 3.35. The highest BCUT2D eigenvalue weighted by atomic mass is 19.3. The normalized spacial score (nSPS) is 12.3. The average Bonchev–Trinajstić information content (AvgIpc) is 3.30. The molecule has 0 atom stereocenters. The molecule has 0 amide bonds. The van der Waals surface area contributed by atoms with Crippen molar-refractivity contribution in [3.8, 4) is 23.1 Å². The van der Waals surface area contributed by atoms with Gasteiger partial charge in [0.1, 0.15) is 17.6 Å². The fourth-order valence-electron chi connectivity index (χ4n) is 3.35. The molecule has 0 fully saturated rings. The van der Waals surface area contributed by atoms with Crippen LogP contribution >= 0.6 is 0 Å². The van der Waals surface area contributed by atoms with Crippen molar-refractivity contribution in [3.63, 3.8) is 0 Å². The third-order valence-corrected chi connectivity index (χ3v) is 4.97. The van der Waals surface area contributed by atoms with Crippen molar-refractivity contribution in [1.29, 1.82) is 5.26 Å². The number of anilines is 1. The molecule has 4 aromatic rings. The van der Waals surface area contributed by atoms with Gasteiger partial charge in [0.05, 0.1) is 35.9 Å². The fraction of sp³-hybridized carbons (Fsp3) is 0.381. The SMILES string of the molecule is COc1nc(NCC(C)(C)C#N)nn2cc(F)c(-c3ccc4nnn(CC(C)(F)F)c4c3)c12. The van der Waals surface area contributed by atoms with Gasteiger partial charge >= 0.3 is 0 Å². The number of rotatable bonds is 7. The monoisotopic (exact) mass is 458 g/mol. The first-order valence-electron chi connectivity index (χ1n) is 10.0. The summed E-state index contributed by atoms with van der Waals surface area (Å²) >= 11 is 0. The van der Waals surface area contributed by atoms with Crippen molar-refractivity contribution in [2.75, 3.05) is 19.0 Å². The second-order valence-electron chi connectivity index (χ2n) is 8.46. The van der Waals surface area contributed by atoms with Crippen LogP contribution in [0.1, 0.15) is 20.8 Å². The van der Waals surface area contributed by atoms with E-state index in [1.165, 1.54) is 17.8 Å². The molecule has 4 rings (SSSR count). The summed E-state index contributed by atoms with van der Waals surface area (Å²) in [6, 6.07) is 6.91. The zero-order valence-corrected chi connectivity index (χ0v) is 18.4. The lowest BCUT2D eigenvalue weighted by atomic mass is 9.96. The largest absolute Gasteiger partial charge is 0.479 e. The van der Waals surface area contributed by atoms with Crippen molar-refractivity contribution in [2.24, 2.45) is 5.41 Å². The van der Waals surface area contributed by atoms with E-state index in [9.17, 15) is 14.0 Å². The summed E-state index contributed by atoms with van der Waals surface area (Å²) in [5.41, 5.74) is 0.887. The van der Waals surface area contributed by atoms with Gasteiger partial charge in [0.2, 0.25) is 11.8 Å². The molecule has 33 heavy (non-hydrogen) atoms. The van der Waals surface area contributed by atoms with Gasteiger partial charge in [0, 0.05) is 13.5 Å². The Kier molecular flexibility index (Phi) is 5.35. The van der Waals surface area contributed by atoms with Gasteiger partial charge in [-0.2, -0.15) is 10.2 Å². The first-order valence-corrected chi connectivity index (χ1v) is 10.0. The molecule has 1 N–H and O–H groups in total. The molecule has 0 saturated heterocycles. The molecule has 1 aromatic carbocycles. The highest BCUT2D eigenvalue weighted by molar-refractivity contribution is 5.89. The van der Waals surface area contributed by atoms with E-state index in [1.807, 2.05) is 0 Å². The molecular formula is C21H21F3N8O. The molecule has 0 spiro atoms. The van der Waals surface area contributed by atoms with Crippen LogP contribution in [0.3, 0.4) is 0 Å². The summed E-state index contributed by atoms with van der Waals surface area (Å²) in [4.78, 5) is 4.30. The highest BCUT2D eigenvalue weighted by Gasteiger charge is 2.25. The summed E-state index contributed by atoms with van der Waals surface area (Å²) in [6.45, 7) is 3.91. The van der Waals surface area contributed by atoms with Crippen molar-refractivity contribution in [3.05, 3.63) is 30.2 Å². The minimum atomic E-state index is -2.99. The highest BCUT2D eigenvalue weighted by Crippen LogP contribution is 2.35. The Balaban J connectivity index is 1.81. The Bertz CT molecular complexity index is 1380. The summed E-state index contributed by atoms with van der Waals surface area (Å²) in [7, 11) is 1.39. The van der Waals surface area contributed by atoms with E-state index in [0.29, 0.717) is 16.6 Å². The Morgan fingerprint density at radius 1 is 1.24 bits per heavy atom. The number of alkyl halides is 2. The number of hydrogen-bond donors (Lipinski definition) is 1. The molecule has 0 bridgehead atoms. The Morgan fingerprint density at radius 3 is 2.67 bits per heavy atom. The molecule has 172 valence electrons. The minimum absolute atomic E-state index is 0.105. The standard InChI is InChI=1S/C21H21F3N8O/c1-20(2,9-25)10-26-19-27-18(33-4)17-16(13(22)8-31(17)29-19)12-5-6-14-15(7-12)32(30-28-14)11-21(3,23)24/h5-8H,10-11H2,1-4H3,(H,26,29). The summed E-state index contributed by atoms with van der Waals surface area (Å²) in [5, 5.41) is 24.1. The average molecular weight is 458 g/mol. The van der Waals surface area contributed by atoms with Gasteiger partial charge in [-0.1, -0.05) is 11.3 Å². The number of halogens is 3. The molecule has 0 unspecified atom stereocenters. The molecule has 9 nitrogen and oxygen atoms in total. The molecule has 0 saturated carbocycles. The van der Waals surface area contributed by atoms with Gasteiger partial charge < -0.3 is 10.1 Å². The predicted octanol–water partition coefficient (Wildman–Crippen LogP) is 3.91. The van der Waals surface area contributed by atoms with E-state index in [-0.39, 0.29) is 29.5 Å². The Hall–Kier alpha value is -3.88. The van der Waals surface area contributed by atoms with E-state index in [1.54, 1.807) is 32.0 Å². The van der Waals surface area contributed by atoms with Crippen LogP contribution in [0, 0.1) is 22.6 Å². The van der Waals surface area contributed by atoms with Gasteiger partial charge in [0.25, 0.3) is 5.92 Å². The maximum Gasteiger partial charge on any atom is 0.264 e. The second-order valence-corrected chi connectivity index (χ2v) is 8.46. The Labute approximate surface area is 186 Å². The number of benzene rings is 1. The lowest BCUT2D eigenvalue weighted by Gasteiger charge is -2.16. The molecule has 3 heterocycles. The number of fused-ring (bicyclic) bond motifs is 2. The van der Waals surface area contributed by atoms with Gasteiger partial charge in [-0.15, -0.1) is 10.2 Å². The van der Waals surface area contributed by atoms with Gasteiger partial charge in [-0.25, -0.2) is 22.4 Å². The zero-order valence-electron chi connectivity index (χ0n) is 18.4. The Morgan fingerprint density at radius 2 is 2.00 bits per heavy atom. The molecule has 0 aliphatic rings. The van der Waals surface area contributed by atoms with Crippen molar-refractivity contribution in [2.45, 2.75) is 33.2 Å². The molecule has 3 aromatic heterocycles. The van der Waals surface area contributed by atoms with E-state index in [2.05, 4.69) is 31.8 Å². The first-order chi connectivity index (χ1) is 15.5. The van der Waals surface area contributed by atoms with Crippen LogP contribution < -0.4 is 10.1 Å². The summed E-state index contributed by atoms with van der Waals surface area (Å²) in [6.07, 6.45) is 1.18. The van der Waals surface area contributed by atoms with E-state index in [4.69, 9.17) is 4.74 Å². The summed E-state index contributed by atoms with van der Waals surface area (Å²) < 4.78 is 50.0. The number of nitrogens with one attached hydrogen (secondary N) is 1. The van der Waals surface area contributed by atoms with Gasteiger partial charge in [-0.3, -0.25) is 0 Å². The topological polar surface area (TPSA) is 106 Å². The molecule has 0 aliphatic carbocycles. The maximum absolute atomic E-state index is 15.1. The van der Waals surface area contributed by atoms with Crippen LogP contribution in [0.25, 0.3) is 27.7 Å². The number of methoxy groups -OCH3 is 1. The number of nitriles is 1. The molecule has 0 aliphatic heterocycles. The van der Waals surface area contributed by atoms with Crippen molar-refractivity contribution < 1.29 is 17.9 Å². The lowest BCUT2D eigenvalue weighted by molar-refractivity contribution is 0.00130. The summed E-state index contributed by atoms with van der Waals surface area (Å²) in [5.74, 6) is -3.33. The number of aromatic nitrogens is 6. The van der Waals surface area contributed by atoms with E-state index < -0.39 is 23.7 Å². The van der Waals surface area contributed by atoms with Crippen LogP contribution in [0.5, 0.6) is 5.88 Å². The van der Waals surface area contributed by atoms with E-state index in [0.717, 1.165) is 11.6 Å². The minimum Gasteiger partial charge on any atom is -0.479 e. The number of hydrogen-bond acceptors (Lipinski definition) is 7. The second kappa shape index (κ2) is 7.91. The van der Waals surface area contributed by atoms with Gasteiger partial charge in [0.15, 0.2) is 5.82 Å². The lowest BCUT2D eigenvalue weighted by Crippen LogP contribution is -2.22. The predicted molar refractivity (Wildman–Crippen MR) is 115 cm³/mol. The van der Waals surface area contributed by atoms with Crippen molar-refractivity contribution >= 4 is 22.5 Å². The zero-order chi connectivity index (χ0) is 24.0. The molecule has 0 radical (unpaired) electrons. The van der Waals surface area contributed by atoms with Crippen LogP contribution in [-0.4, -0.2) is 49.2 Å². The number of nitrogens with zero attached hydrogens (tertiary/aromatic N) is 7. The van der Waals surface area contributed by atoms with Crippen LogP contribution in [0.2, 0.25) is 0 Å². The third-order valence-electron chi connectivity index (χ3n) is 4.97. The van der Waals surface area contributed by atoms with Crippen LogP contribution in [0.4, 0.5) is 19.1 Å². The quantitative estimate of drug-likeness (QED) is 0.448. The number of ether oxygens (including phenoxy) is 1. The van der Waals surface area contributed by atoms with Crippen molar-refractivity contribution in [1.82, 2.24) is 29.6 Å². The smallest absolute Gasteiger partial charge is 0.264 e. The molecular weight excluding hydrogens is 437 g/mol. The van der Waals surface area contributed by atoms with E-state index >= 15 is 4.39 Å². The first kappa shape index (κ1) is 22.3. The third kappa shape index (κ3) is 4.39. The molecule has 12 heteroatoms.